The lowest BCUT2D eigenvalue weighted by molar-refractivity contribution is -0.869. The summed E-state index contributed by atoms with van der Waals surface area (Å²) in [6.45, 7) is 4.42. The lowest BCUT2D eigenvalue weighted by Gasteiger charge is -2.21. The van der Waals surface area contributed by atoms with Crippen LogP contribution in [0.25, 0.3) is 0 Å². The van der Waals surface area contributed by atoms with Gasteiger partial charge in [0.15, 0.2) is 13.2 Å². The number of nitrogens with zero attached hydrogens (tertiary/aromatic N) is 1. The maximum atomic E-state index is 12.4. The van der Waals surface area contributed by atoms with Crippen molar-refractivity contribution < 1.29 is 19.3 Å². The van der Waals surface area contributed by atoms with E-state index < -0.39 is 11.7 Å². The molecular weight excluding hydrogens is 378 g/mol. The summed E-state index contributed by atoms with van der Waals surface area (Å²) < 4.78 is 0. The van der Waals surface area contributed by atoms with Crippen LogP contribution in [-0.4, -0.2) is 37.9 Å². The number of carbonyl (C=O) groups excluding carboxylic acids is 3. The molecule has 0 bridgehead atoms. The average molecular weight is 401 g/mol. The van der Waals surface area contributed by atoms with E-state index in [0.717, 1.165) is 10.5 Å². The number of quaternary nitrogens is 1. The first-order valence-electron chi connectivity index (χ1n) is 9.13. The quantitative estimate of drug-likeness (QED) is 0.729. The number of anilines is 2. The number of hydrogen-bond donors (Lipinski definition) is 2. The summed E-state index contributed by atoms with van der Waals surface area (Å²) in [5.74, 6) is -1.00. The molecule has 0 fully saturated rings. The minimum Gasteiger partial charge on any atom is -0.320 e. The summed E-state index contributed by atoms with van der Waals surface area (Å²) in [7, 11) is 1.80. The highest BCUT2D eigenvalue weighted by Gasteiger charge is 2.37. The van der Waals surface area contributed by atoms with Gasteiger partial charge < -0.3 is 10.2 Å². The van der Waals surface area contributed by atoms with Crippen molar-refractivity contribution in [3.8, 4) is 0 Å². The molecule has 6 nitrogen and oxygen atoms in total. The second-order valence-electron chi connectivity index (χ2n) is 7.31. The van der Waals surface area contributed by atoms with Crippen LogP contribution in [0.4, 0.5) is 11.4 Å². The minimum atomic E-state index is -0.554. The van der Waals surface area contributed by atoms with Crippen molar-refractivity contribution in [2.24, 2.45) is 0 Å². The topological polar surface area (TPSA) is 70.9 Å². The summed E-state index contributed by atoms with van der Waals surface area (Å²) >= 11 is 6.06. The molecule has 1 atom stereocenters. The molecule has 3 rings (SSSR count). The maximum absolute atomic E-state index is 12.4. The van der Waals surface area contributed by atoms with Crippen LogP contribution in [0.1, 0.15) is 35.7 Å². The summed E-state index contributed by atoms with van der Waals surface area (Å²) in [5.41, 5.74) is 2.59. The molecule has 0 aromatic heterocycles. The van der Waals surface area contributed by atoms with Gasteiger partial charge in [0.2, 0.25) is 0 Å². The first kappa shape index (κ1) is 20.0. The molecule has 1 heterocycles. The Morgan fingerprint density at radius 2 is 1.89 bits per heavy atom. The number of fused-ring (bicyclic) bond motifs is 1. The number of benzene rings is 2. The number of para-hydroxylation sites is 1. The van der Waals surface area contributed by atoms with E-state index in [1.165, 1.54) is 4.90 Å². The van der Waals surface area contributed by atoms with E-state index in [1.807, 2.05) is 26.0 Å². The zero-order valence-electron chi connectivity index (χ0n) is 16.1. The Bertz CT molecular complexity index is 942. The number of likely N-dealkylation sites (N-methyl/N-ethyl adjacent to an activating group) is 1. The summed E-state index contributed by atoms with van der Waals surface area (Å²) in [6, 6.07) is 12.5. The minimum absolute atomic E-state index is 0.128. The zero-order chi connectivity index (χ0) is 20.4. The molecule has 0 saturated carbocycles. The van der Waals surface area contributed by atoms with Gasteiger partial charge in [0.1, 0.15) is 0 Å². The molecule has 1 aliphatic rings. The van der Waals surface area contributed by atoms with Gasteiger partial charge >= 0.3 is 5.91 Å². The molecular formula is C21H23ClN3O3+. The lowest BCUT2D eigenvalue weighted by Crippen LogP contribution is -3.12. The van der Waals surface area contributed by atoms with Crippen molar-refractivity contribution in [2.75, 3.05) is 30.5 Å². The van der Waals surface area contributed by atoms with Crippen LogP contribution in [0.3, 0.4) is 0 Å². The molecule has 146 valence electrons. The molecule has 2 aromatic rings. The van der Waals surface area contributed by atoms with Crippen molar-refractivity contribution in [1.29, 1.82) is 0 Å². The molecule has 7 heteroatoms. The van der Waals surface area contributed by atoms with Gasteiger partial charge in [-0.1, -0.05) is 43.6 Å². The molecule has 0 radical (unpaired) electrons. The Hall–Kier alpha value is -2.70. The molecule has 2 N–H and O–H groups in total. The second-order valence-corrected chi connectivity index (χ2v) is 7.72. The van der Waals surface area contributed by atoms with Crippen LogP contribution in [0.5, 0.6) is 0 Å². The number of Topliss-reactive ketones (excluding diaryl/α,β-unsaturated/α-hetero) is 1. The first-order valence-corrected chi connectivity index (χ1v) is 9.51. The van der Waals surface area contributed by atoms with Crippen molar-refractivity contribution in [1.82, 2.24) is 0 Å². The first-order chi connectivity index (χ1) is 13.3. The second kappa shape index (κ2) is 8.12. The standard InChI is InChI=1S/C21H22ClN3O3/c1-13(2)14-8-9-18-15(10-14)20(27)21(28)25(18)12-24(3)11-19(26)23-17-7-5-4-6-16(17)22/h4-10,13H,11-12H2,1-3H3,(H,23,26)/p+1. The zero-order valence-corrected chi connectivity index (χ0v) is 16.8. The number of halogens is 1. The predicted molar refractivity (Wildman–Crippen MR) is 109 cm³/mol. The molecule has 0 saturated heterocycles. The van der Waals surface area contributed by atoms with Gasteiger partial charge in [0.25, 0.3) is 11.7 Å². The monoisotopic (exact) mass is 400 g/mol. The van der Waals surface area contributed by atoms with E-state index in [1.54, 1.807) is 37.4 Å². The van der Waals surface area contributed by atoms with Crippen LogP contribution in [-0.2, 0) is 9.59 Å². The van der Waals surface area contributed by atoms with Crippen molar-refractivity contribution in [3.63, 3.8) is 0 Å². The third-order valence-corrected chi connectivity index (χ3v) is 5.03. The van der Waals surface area contributed by atoms with Gasteiger partial charge in [-0.3, -0.25) is 19.3 Å². The van der Waals surface area contributed by atoms with Crippen LogP contribution < -0.4 is 15.1 Å². The van der Waals surface area contributed by atoms with Crippen LogP contribution in [0.15, 0.2) is 42.5 Å². The van der Waals surface area contributed by atoms with Gasteiger partial charge in [-0.2, -0.15) is 0 Å². The van der Waals surface area contributed by atoms with E-state index in [2.05, 4.69) is 5.32 Å². The highest BCUT2D eigenvalue weighted by atomic mass is 35.5. The number of amides is 2. The summed E-state index contributed by atoms with van der Waals surface area (Å²) in [6.07, 6.45) is 0. The fourth-order valence-electron chi connectivity index (χ4n) is 3.19. The van der Waals surface area contributed by atoms with Crippen molar-refractivity contribution in [2.45, 2.75) is 19.8 Å². The number of nitrogens with one attached hydrogen (secondary N) is 2. The highest BCUT2D eigenvalue weighted by molar-refractivity contribution is 6.52. The molecule has 2 amide bonds. The van der Waals surface area contributed by atoms with E-state index in [4.69, 9.17) is 11.6 Å². The Morgan fingerprint density at radius 3 is 2.57 bits per heavy atom. The highest BCUT2D eigenvalue weighted by Crippen LogP contribution is 2.31. The molecule has 0 spiro atoms. The van der Waals surface area contributed by atoms with Crippen molar-refractivity contribution >= 4 is 40.6 Å². The molecule has 0 aliphatic carbocycles. The molecule has 1 unspecified atom stereocenters. The van der Waals surface area contributed by atoms with Crippen LogP contribution >= 0.6 is 11.6 Å². The van der Waals surface area contributed by atoms with E-state index >= 15 is 0 Å². The third kappa shape index (κ3) is 4.08. The maximum Gasteiger partial charge on any atom is 0.303 e. The van der Waals surface area contributed by atoms with E-state index in [0.29, 0.717) is 22.0 Å². The van der Waals surface area contributed by atoms with Gasteiger partial charge in [-0.05, 0) is 35.7 Å². The lowest BCUT2D eigenvalue weighted by atomic mass is 9.99. The van der Waals surface area contributed by atoms with E-state index in [-0.39, 0.29) is 25.0 Å². The Labute approximate surface area is 169 Å². The number of rotatable bonds is 6. The van der Waals surface area contributed by atoms with Gasteiger partial charge in [-0.15, -0.1) is 0 Å². The fraction of sp³-hybridized carbons (Fsp3) is 0.286. The predicted octanol–water partition coefficient (Wildman–Crippen LogP) is 2.10. The van der Waals surface area contributed by atoms with Crippen molar-refractivity contribution in [3.05, 3.63) is 58.6 Å². The Morgan fingerprint density at radius 1 is 1.18 bits per heavy atom. The Balaban J connectivity index is 1.68. The van der Waals surface area contributed by atoms with E-state index in [9.17, 15) is 14.4 Å². The molecule has 1 aliphatic heterocycles. The summed E-state index contributed by atoms with van der Waals surface area (Å²) in [5, 5.41) is 3.22. The smallest absolute Gasteiger partial charge is 0.303 e. The van der Waals surface area contributed by atoms with Crippen LogP contribution in [0, 0.1) is 0 Å². The molecule has 2 aromatic carbocycles. The number of ketones is 1. The molecule has 28 heavy (non-hydrogen) atoms. The Kier molecular flexibility index (Phi) is 5.82. The van der Waals surface area contributed by atoms with Gasteiger partial charge in [0.05, 0.1) is 29.0 Å². The van der Waals surface area contributed by atoms with Gasteiger partial charge in [0, 0.05) is 0 Å². The fourth-order valence-corrected chi connectivity index (χ4v) is 3.37. The number of carbonyl (C=O) groups is 3. The summed E-state index contributed by atoms with van der Waals surface area (Å²) in [4.78, 5) is 39.3. The third-order valence-electron chi connectivity index (χ3n) is 4.70. The average Bonchev–Trinajstić information content (AvgIpc) is 2.88. The van der Waals surface area contributed by atoms with Gasteiger partial charge in [-0.25, -0.2) is 0 Å². The largest absolute Gasteiger partial charge is 0.320 e. The normalized spacial score (nSPS) is 14.4. The number of hydrogen-bond acceptors (Lipinski definition) is 3. The SMILES string of the molecule is CC(C)c1ccc2c(c1)C(=O)C(=O)N2C[NH+](C)CC(=O)Nc1ccccc1Cl. The van der Waals surface area contributed by atoms with Crippen LogP contribution in [0.2, 0.25) is 5.02 Å².